The van der Waals surface area contributed by atoms with Crippen LogP contribution in [0.4, 0.5) is 0 Å². The Hall–Kier alpha value is -0.610. The molecule has 0 heterocycles. The van der Waals surface area contributed by atoms with Crippen LogP contribution in [0.25, 0.3) is 0 Å². The zero-order chi connectivity index (χ0) is 11.4. The Morgan fingerprint density at radius 1 is 1.25 bits per heavy atom. The van der Waals surface area contributed by atoms with E-state index in [1.165, 1.54) is 25.7 Å². The maximum Gasteiger partial charge on any atom is 0.221 e. The number of carbonyl (C=O) groups is 1. The molecular formula is C12H23N3O. The minimum Gasteiger partial charge on any atom is -0.353 e. The Morgan fingerprint density at radius 2 is 2.00 bits per heavy atom. The van der Waals surface area contributed by atoms with Crippen LogP contribution in [-0.4, -0.2) is 49.6 Å². The van der Waals surface area contributed by atoms with Gasteiger partial charge in [-0.3, -0.25) is 4.79 Å². The Labute approximate surface area is 97.8 Å². The van der Waals surface area contributed by atoms with Crippen molar-refractivity contribution < 1.29 is 4.79 Å². The summed E-state index contributed by atoms with van der Waals surface area (Å²) >= 11 is 0. The van der Waals surface area contributed by atoms with E-state index in [0.717, 1.165) is 25.7 Å². The van der Waals surface area contributed by atoms with Crippen LogP contribution in [0.2, 0.25) is 0 Å². The Kier molecular flexibility index (Phi) is 4.18. The molecule has 16 heavy (non-hydrogen) atoms. The van der Waals surface area contributed by atoms with Gasteiger partial charge in [0.25, 0.3) is 0 Å². The van der Waals surface area contributed by atoms with E-state index >= 15 is 0 Å². The van der Waals surface area contributed by atoms with Crippen molar-refractivity contribution in [2.24, 2.45) is 0 Å². The second-order valence-electron chi connectivity index (χ2n) is 5.05. The van der Waals surface area contributed by atoms with Gasteiger partial charge in [0, 0.05) is 38.1 Å². The van der Waals surface area contributed by atoms with E-state index in [1.54, 1.807) is 0 Å². The highest BCUT2D eigenvalue weighted by molar-refractivity contribution is 5.76. The van der Waals surface area contributed by atoms with Crippen molar-refractivity contribution >= 4 is 5.91 Å². The molecule has 0 aliphatic heterocycles. The lowest BCUT2D eigenvalue weighted by molar-refractivity contribution is -0.121. The molecule has 0 spiro atoms. The molecule has 0 aromatic heterocycles. The quantitative estimate of drug-likeness (QED) is 0.586. The van der Waals surface area contributed by atoms with Gasteiger partial charge in [-0.25, -0.2) is 0 Å². The minimum absolute atomic E-state index is 0.200. The van der Waals surface area contributed by atoms with E-state index in [4.69, 9.17) is 0 Å². The first-order valence-electron chi connectivity index (χ1n) is 6.46. The molecule has 0 aromatic rings. The van der Waals surface area contributed by atoms with Gasteiger partial charge in [-0.15, -0.1) is 0 Å². The van der Waals surface area contributed by atoms with Gasteiger partial charge in [-0.2, -0.15) is 0 Å². The lowest BCUT2D eigenvalue weighted by Crippen LogP contribution is -2.33. The van der Waals surface area contributed by atoms with E-state index < -0.39 is 0 Å². The third kappa shape index (κ3) is 4.49. The van der Waals surface area contributed by atoms with Crippen molar-refractivity contribution in [1.29, 1.82) is 0 Å². The zero-order valence-corrected chi connectivity index (χ0v) is 10.2. The lowest BCUT2D eigenvalue weighted by Gasteiger charge is -2.15. The molecule has 1 amide bonds. The highest BCUT2D eigenvalue weighted by Gasteiger charge is 2.25. The van der Waals surface area contributed by atoms with Gasteiger partial charge < -0.3 is 15.5 Å². The van der Waals surface area contributed by atoms with Crippen LogP contribution in [-0.2, 0) is 4.79 Å². The molecule has 0 atom stereocenters. The molecule has 2 fully saturated rings. The summed E-state index contributed by atoms with van der Waals surface area (Å²) in [7, 11) is 2.18. The molecule has 2 aliphatic carbocycles. The molecule has 2 rings (SSSR count). The number of hydrogen-bond donors (Lipinski definition) is 2. The van der Waals surface area contributed by atoms with Gasteiger partial charge in [-0.1, -0.05) is 0 Å². The number of nitrogens with one attached hydrogen (secondary N) is 2. The second-order valence-corrected chi connectivity index (χ2v) is 5.05. The summed E-state index contributed by atoms with van der Waals surface area (Å²) in [4.78, 5) is 13.7. The van der Waals surface area contributed by atoms with Gasteiger partial charge in [0.05, 0.1) is 0 Å². The summed E-state index contributed by atoms with van der Waals surface area (Å²) < 4.78 is 0. The maximum atomic E-state index is 11.3. The van der Waals surface area contributed by atoms with E-state index in [-0.39, 0.29) is 5.91 Å². The van der Waals surface area contributed by atoms with Gasteiger partial charge in [-0.05, 0) is 32.7 Å². The molecule has 4 nitrogen and oxygen atoms in total. The average Bonchev–Trinajstić information content (AvgIpc) is 3.10. The molecule has 0 saturated heterocycles. The Bertz CT molecular complexity index is 236. The smallest absolute Gasteiger partial charge is 0.221 e. The summed E-state index contributed by atoms with van der Waals surface area (Å²) in [5, 5.41) is 6.31. The molecule has 0 unspecified atom stereocenters. The van der Waals surface area contributed by atoms with Gasteiger partial charge in [0.1, 0.15) is 0 Å². The van der Waals surface area contributed by atoms with Crippen molar-refractivity contribution in [3.05, 3.63) is 0 Å². The third-order valence-corrected chi connectivity index (χ3v) is 3.28. The van der Waals surface area contributed by atoms with Crippen LogP contribution in [0.5, 0.6) is 0 Å². The monoisotopic (exact) mass is 225 g/mol. The molecule has 2 aliphatic rings. The van der Waals surface area contributed by atoms with E-state index in [9.17, 15) is 4.79 Å². The van der Waals surface area contributed by atoms with Crippen LogP contribution >= 0.6 is 0 Å². The first-order chi connectivity index (χ1) is 7.75. The third-order valence-electron chi connectivity index (χ3n) is 3.28. The molecule has 92 valence electrons. The number of amides is 1. The van der Waals surface area contributed by atoms with Crippen molar-refractivity contribution in [1.82, 2.24) is 15.5 Å². The van der Waals surface area contributed by atoms with Gasteiger partial charge >= 0.3 is 0 Å². The number of hydrogen-bond acceptors (Lipinski definition) is 3. The van der Waals surface area contributed by atoms with Gasteiger partial charge in [0.2, 0.25) is 5.91 Å². The van der Waals surface area contributed by atoms with E-state index in [0.29, 0.717) is 12.5 Å². The SMILES string of the molecule is CN(CCNCCC(=O)NC1CC1)C1CC1. The highest BCUT2D eigenvalue weighted by Crippen LogP contribution is 2.24. The topological polar surface area (TPSA) is 44.4 Å². The minimum atomic E-state index is 0.200. The zero-order valence-electron chi connectivity index (χ0n) is 10.2. The fourth-order valence-electron chi connectivity index (χ4n) is 1.81. The highest BCUT2D eigenvalue weighted by atomic mass is 16.1. The number of rotatable bonds is 8. The van der Waals surface area contributed by atoms with Crippen LogP contribution in [0.15, 0.2) is 0 Å². The molecule has 2 N–H and O–H groups in total. The predicted molar refractivity (Wildman–Crippen MR) is 64.3 cm³/mol. The number of carbonyl (C=O) groups excluding carboxylic acids is 1. The fourth-order valence-corrected chi connectivity index (χ4v) is 1.81. The predicted octanol–water partition coefficient (Wildman–Crippen LogP) is 0.339. The number of likely N-dealkylation sites (N-methyl/N-ethyl adjacent to an activating group) is 1. The molecule has 4 heteroatoms. The largest absolute Gasteiger partial charge is 0.353 e. The second kappa shape index (κ2) is 5.64. The Morgan fingerprint density at radius 3 is 2.62 bits per heavy atom. The van der Waals surface area contributed by atoms with E-state index in [2.05, 4.69) is 22.6 Å². The number of nitrogens with zero attached hydrogens (tertiary/aromatic N) is 1. The standard InChI is InChI=1S/C12H23N3O/c1-15(11-4-5-11)9-8-13-7-6-12(16)14-10-2-3-10/h10-11,13H,2-9H2,1H3,(H,14,16). The van der Waals surface area contributed by atoms with Crippen LogP contribution < -0.4 is 10.6 Å². The van der Waals surface area contributed by atoms with Crippen molar-refractivity contribution in [3.63, 3.8) is 0 Å². The van der Waals surface area contributed by atoms with Gasteiger partial charge in [0.15, 0.2) is 0 Å². The average molecular weight is 225 g/mol. The first-order valence-corrected chi connectivity index (χ1v) is 6.46. The molecule has 2 saturated carbocycles. The van der Waals surface area contributed by atoms with Crippen molar-refractivity contribution in [3.8, 4) is 0 Å². The Balaban J connectivity index is 1.40. The molecule has 0 bridgehead atoms. The normalized spacial score (nSPS) is 20.1. The molecular weight excluding hydrogens is 202 g/mol. The van der Waals surface area contributed by atoms with Crippen LogP contribution in [0.3, 0.4) is 0 Å². The summed E-state index contributed by atoms with van der Waals surface area (Å²) in [6.45, 7) is 2.88. The fraction of sp³-hybridized carbons (Fsp3) is 0.917. The molecule has 0 aromatic carbocycles. The summed E-state index contributed by atoms with van der Waals surface area (Å²) in [5.41, 5.74) is 0. The van der Waals surface area contributed by atoms with E-state index in [1.807, 2.05) is 0 Å². The van der Waals surface area contributed by atoms with Crippen molar-refractivity contribution in [2.75, 3.05) is 26.7 Å². The van der Waals surface area contributed by atoms with Crippen LogP contribution in [0, 0.1) is 0 Å². The van der Waals surface area contributed by atoms with Crippen LogP contribution in [0.1, 0.15) is 32.1 Å². The summed E-state index contributed by atoms with van der Waals surface area (Å²) in [6, 6.07) is 1.33. The first kappa shape index (κ1) is 11.9. The summed E-state index contributed by atoms with van der Waals surface area (Å²) in [6.07, 6.45) is 5.68. The van der Waals surface area contributed by atoms with Crippen molar-refractivity contribution in [2.45, 2.75) is 44.2 Å². The lowest BCUT2D eigenvalue weighted by atomic mass is 10.4. The summed E-state index contributed by atoms with van der Waals surface area (Å²) in [5.74, 6) is 0.200. The maximum absolute atomic E-state index is 11.3. The molecule has 0 radical (unpaired) electrons.